The molecule has 0 heterocycles. The van der Waals surface area contributed by atoms with Gasteiger partial charge in [0.05, 0.1) is 6.54 Å². The number of halogens is 1. The van der Waals surface area contributed by atoms with E-state index in [1.165, 1.54) is 17.7 Å². The molecule has 0 atom stereocenters. The third kappa shape index (κ3) is 3.62. The molecule has 1 aromatic carbocycles. The molecule has 0 saturated heterocycles. The van der Waals surface area contributed by atoms with Gasteiger partial charge in [0.1, 0.15) is 5.82 Å². The first-order valence-corrected chi connectivity index (χ1v) is 5.07. The maximum atomic E-state index is 12.6. The summed E-state index contributed by atoms with van der Waals surface area (Å²) in [5, 5.41) is 3.14. The standard InChI is InChI=1S/C12H17FN2/c1-3-9(2)12(14)8-15-11-6-4-10(13)5-7-11/h4-7,15H,3,8,14H2,1-2H3/b12-9-. The Morgan fingerprint density at radius 1 is 1.33 bits per heavy atom. The van der Waals surface area contributed by atoms with Crippen LogP contribution in [0, 0.1) is 5.82 Å². The fourth-order valence-electron chi connectivity index (χ4n) is 1.14. The molecule has 0 aromatic heterocycles. The van der Waals surface area contributed by atoms with Crippen molar-refractivity contribution in [2.24, 2.45) is 5.73 Å². The van der Waals surface area contributed by atoms with Gasteiger partial charge in [-0.3, -0.25) is 0 Å². The zero-order valence-electron chi connectivity index (χ0n) is 9.18. The van der Waals surface area contributed by atoms with Gasteiger partial charge in [-0.15, -0.1) is 0 Å². The van der Waals surface area contributed by atoms with Crippen molar-refractivity contribution in [1.29, 1.82) is 0 Å². The lowest BCUT2D eigenvalue weighted by atomic mass is 10.2. The summed E-state index contributed by atoms with van der Waals surface area (Å²) >= 11 is 0. The third-order valence-electron chi connectivity index (χ3n) is 2.41. The smallest absolute Gasteiger partial charge is 0.123 e. The van der Waals surface area contributed by atoms with Gasteiger partial charge >= 0.3 is 0 Å². The number of nitrogens with one attached hydrogen (secondary N) is 1. The van der Waals surface area contributed by atoms with E-state index in [2.05, 4.69) is 12.2 Å². The van der Waals surface area contributed by atoms with Crippen LogP contribution in [0.3, 0.4) is 0 Å². The van der Waals surface area contributed by atoms with Crippen molar-refractivity contribution in [2.75, 3.05) is 11.9 Å². The Kier molecular flexibility index (Phi) is 4.16. The van der Waals surface area contributed by atoms with Crippen molar-refractivity contribution in [2.45, 2.75) is 20.3 Å². The van der Waals surface area contributed by atoms with Gasteiger partial charge in [0, 0.05) is 11.4 Å². The number of anilines is 1. The van der Waals surface area contributed by atoms with Crippen molar-refractivity contribution >= 4 is 5.69 Å². The topological polar surface area (TPSA) is 38.0 Å². The molecule has 0 fully saturated rings. The van der Waals surface area contributed by atoms with Crippen LogP contribution in [0.15, 0.2) is 35.5 Å². The van der Waals surface area contributed by atoms with Crippen LogP contribution in [0.25, 0.3) is 0 Å². The van der Waals surface area contributed by atoms with Crippen LogP contribution in [0.2, 0.25) is 0 Å². The predicted molar refractivity (Wildman–Crippen MR) is 62.1 cm³/mol. The molecule has 3 heteroatoms. The molecular weight excluding hydrogens is 191 g/mol. The Balaban J connectivity index is 2.54. The van der Waals surface area contributed by atoms with E-state index in [4.69, 9.17) is 5.73 Å². The molecule has 3 N–H and O–H groups in total. The minimum absolute atomic E-state index is 0.228. The van der Waals surface area contributed by atoms with E-state index in [0.29, 0.717) is 6.54 Å². The van der Waals surface area contributed by atoms with Gasteiger partial charge in [-0.1, -0.05) is 12.5 Å². The lowest BCUT2D eigenvalue weighted by Crippen LogP contribution is -2.13. The highest BCUT2D eigenvalue weighted by Crippen LogP contribution is 2.09. The second kappa shape index (κ2) is 5.39. The van der Waals surface area contributed by atoms with Crippen molar-refractivity contribution in [1.82, 2.24) is 0 Å². The zero-order chi connectivity index (χ0) is 11.3. The van der Waals surface area contributed by atoms with Crippen LogP contribution in [0.5, 0.6) is 0 Å². The van der Waals surface area contributed by atoms with Crippen LogP contribution >= 0.6 is 0 Å². The summed E-state index contributed by atoms with van der Waals surface area (Å²) < 4.78 is 12.6. The molecular formula is C12H17FN2. The molecule has 1 rings (SSSR count). The minimum atomic E-state index is -0.228. The van der Waals surface area contributed by atoms with Crippen LogP contribution in [0.4, 0.5) is 10.1 Å². The molecule has 0 aliphatic heterocycles. The molecule has 15 heavy (non-hydrogen) atoms. The molecule has 1 aromatic rings. The van der Waals surface area contributed by atoms with E-state index in [1.807, 2.05) is 6.92 Å². The lowest BCUT2D eigenvalue weighted by molar-refractivity contribution is 0.628. The first-order valence-electron chi connectivity index (χ1n) is 5.07. The Morgan fingerprint density at radius 2 is 1.93 bits per heavy atom. The molecule has 0 amide bonds. The lowest BCUT2D eigenvalue weighted by Gasteiger charge is -2.09. The maximum absolute atomic E-state index is 12.6. The van der Waals surface area contributed by atoms with E-state index in [9.17, 15) is 4.39 Å². The van der Waals surface area contributed by atoms with Crippen LogP contribution in [-0.2, 0) is 0 Å². The molecule has 0 aliphatic carbocycles. The Hall–Kier alpha value is -1.51. The Morgan fingerprint density at radius 3 is 2.47 bits per heavy atom. The molecule has 0 unspecified atom stereocenters. The van der Waals surface area contributed by atoms with E-state index >= 15 is 0 Å². The van der Waals surface area contributed by atoms with Gasteiger partial charge in [-0.05, 0) is 37.6 Å². The molecule has 2 nitrogen and oxygen atoms in total. The highest BCUT2D eigenvalue weighted by molar-refractivity contribution is 5.44. The second-order valence-electron chi connectivity index (χ2n) is 3.52. The normalized spacial score (nSPS) is 12.2. The van der Waals surface area contributed by atoms with Crippen LogP contribution in [-0.4, -0.2) is 6.54 Å². The fourth-order valence-corrected chi connectivity index (χ4v) is 1.14. The summed E-state index contributed by atoms with van der Waals surface area (Å²) in [6.07, 6.45) is 0.955. The highest BCUT2D eigenvalue weighted by Gasteiger charge is 1.97. The number of nitrogens with two attached hydrogens (primary N) is 1. The molecule has 0 aliphatic rings. The Labute approximate surface area is 90.0 Å². The number of benzene rings is 1. The summed E-state index contributed by atoms with van der Waals surface area (Å²) in [5.41, 5.74) is 8.76. The number of hydrogen-bond donors (Lipinski definition) is 2. The van der Waals surface area contributed by atoms with E-state index < -0.39 is 0 Å². The van der Waals surface area contributed by atoms with Crippen LogP contribution in [0.1, 0.15) is 20.3 Å². The summed E-state index contributed by atoms with van der Waals surface area (Å²) in [7, 11) is 0. The highest BCUT2D eigenvalue weighted by atomic mass is 19.1. The number of allylic oxidation sites excluding steroid dienone is 1. The van der Waals surface area contributed by atoms with E-state index in [1.54, 1.807) is 12.1 Å². The molecule has 0 saturated carbocycles. The predicted octanol–water partition coefficient (Wildman–Crippen LogP) is 2.88. The first-order chi connectivity index (χ1) is 7.13. The summed E-state index contributed by atoms with van der Waals surface area (Å²) in [6.45, 7) is 4.69. The van der Waals surface area contributed by atoms with E-state index in [0.717, 1.165) is 17.8 Å². The quantitative estimate of drug-likeness (QED) is 0.798. The summed E-state index contributed by atoms with van der Waals surface area (Å²) in [6, 6.07) is 6.25. The van der Waals surface area contributed by atoms with Gasteiger partial charge < -0.3 is 11.1 Å². The summed E-state index contributed by atoms with van der Waals surface area (Å²) in [5.74, 6) is -0.228. The molecule has 82 valence electrons. The largest absolute Gasteiger partial charge is 0.401 e. The third-order valence-corrected chi connectivity index (χ3v) is 2.41. The molecule has 0 radical (unpaired) electrons. The fraction of sp³-hybridized carbons (Fsp3) is 0.333. The van der Waals surface area contributed by atoms with Crippen LogP contribution < -0.4 is 11.1 Å². The second-order valence-corrected chi connectivity index (χ2v) is 3.52. The average Bonchev–Trinajstić information content (AvgIpc) is 2.26. The number of rotatable bonds is 4. The van der Waals surface area contributed by atoms with Gasteiger partial charge in [-0.2, -0.15) is 0 Å². The van der Waals surface area contributed by atoms with Gasteiger partial charge in [0.15, 0.2) is 0 Å². The molecule has 0 bridgehead atoms. The SMILES string of the molecule is CC/C(C)=C(\N)CNc1ccc(F)cc1. The first kappa shape index (κ1) is 11.6. The van der Waals surface area contributed by atoms with Gasteiger partial charge in [-0.25, -0.2) is 4.39 Å². The molecule has 0 spiro atoms. The van der Waals surface area contributed by atoms with E-state index in [-0.39, 0.29) is 5.82 Å². The minimum Gasteiger partial charge on any atom is -0.401 e. The number of hydrogen-bond acceptors (Lipinski definition) is 2. The zero-order valence-corrected chi connectivity index (χ0v) is 9.18. The van der Waals surface area contributed by atoms with Gasteiger partial charge in [0.25, 0.3) is 0 Å². The van der Waals surface area contributed by atoms with Gasteiger partial charge in [0.2, 0.25) is 0 Å². The van der Waals surface area contributed by atoms with Crippen molar-refractivity contribution < 1.29 is 4.39 Å². The Bertz CT molecular complexity index is 341. The van der Waals surface area contributed by atoms with Crippen molar-refractivity contribution in [3.05, 3.63) is 41.4 Å². The maximum Gasteiger partial charge on any atom is 0.123 e. The van der Waals surface area contributed by atoms with Crippen molar-refractivity contribution in [3.8, 4) is 0 Å². The van der Waals surface area contributed by atoms with Crippen molar-refractivity contribution in [3.63, 3.8) is 0 Å². The average molecular weight is 208 g/mol. The summed E-state index contributed by atoms with van der Waals surface area (Å²) in [4.78, 5) is 0. The monoisotopic (exact) mass is 208 g/mol.